The molecule has 0 radical (unpaired) electrons. The normalized spacial score (nSPS) is 10.2. The Hall–Kier alpha value is -1.40. The average Bonchev–Trinajstić information content (AvgIpc) is 2.14. The smallest absolute Gasteiger partial charge is 0.168 e. The van der Waals surface area contributed by atoms with Gasteiger partial charge in [-0.3, -0.25) is 4.79 Å². The third-order valence-electron chi connectivity index (χ3n) is 1.46. The lowest BCUT2D eigenvalue weighted by Gasteiger charge is -2.02. The Bertz CT molecular complexity index is 396. The van der Waals surface area contributed by atoms with E-state index in [1.807, 2.05) is 6.07 Å². The Morgan fingerprint density at radius 2 is 2.07 bits per heavy atom. The van der Waals surface area contributed by atoms with E-state index < -0.39 is 8.07 Å². The van der Waals surface area contributed by atoms with Crippen molar-refractivity contribution < 1.29 is 4.79 Å². The minimum absolute atomic E-state index is 0.437. The van der Waals surface area contributed by atoms with Crippen molar-refractivity contribution in [2.24, 2.45) is 0 Å². The van der Waals surface area contributed by atoms with E-state index in [4.69, 9.17) is 0 Å². The quantitative estimate of drug-likeness (QED) is 0.397. The van der Waals surface area contributed by atoms with Crippen molar-refractivity contribution in [2.45, 2.75) is 19.6 Å². The van der Waals surface area contributed by atoms with Crippen LogP contribution in [0.4, 0.5) is 0 Å². The summed E-state index contributed by atoms with van der Waals surface area (Å²) in [7, 11) is -1.36. The first-order valence-electron chi connectivity index (χ1n) is 4.47. The van der Waals surface area contributed by atoms with Gasteiger partial charge < -0.3 is 0 Å². The highest BCUT2D eigenvalue weighted by molar-refractivity contribution is 6.83. The van der Waals surface area contributed by atoms with Gasteiger partial charge in [0, 0.05) is 0 Å². The zero-order chi connectivity index (χ0) is 10.6. The minimum atomic E-state index is -1.36. The fourth-order valence-electron chi connectivity index (χ4n) is 0.838. The first-order chi connectivity index (χ1) is 6.51. The molecule has 0 aliphatic heterocycles. The van der Waals surface area contributed by atoms with Crippen LogP contribution in [0.1, 0.15) is 16.2 Å². The number of carbonyl (C=O) groups excluding carboxylic acids is 1. The maximum atomic E-state index is 10.5. The molecule has 0 spiro atoms. The Morgan fingerprint density at radius 3 is 2.64 bits per heavy atom. The van der Waals surface area contributed by atoms with Crippen LogP contribution in [0.3, 0.4) is 0 Å². The highest BCUT2D eigenvalue weighted by atomic mass is 28.3. The standard InChI is InChI=1S/C11H13NOSi/c1-14(2,3)8-7-10-5-4-6-11(9-13)12-10/h4-6,9H,1-3H3. The zero-order valence-corrected chi connectivity index (χ0v) is 9.66. The second kappa shape index (κ2) is 4.21. The van der Waals surface area contributed by atoms with Crippen LogP contribution >= 0.6 is 0 Å². The lowest BCUT2D eigenvalue weighted by molar-refractivity contribution is 0.111. The lowest BCUT2D eigenvalue weighted by Crippen LogP contribution is -2.16. The Morgan fingerprint density at radius 1 is 1.36 bits per heavy atom. The summed E-state index contributed by atoms with van der Waals surface area (Å²) >= 11 is 0. The van der Waals surface area contributed by atoms with Gasteiger partial charge in [0.05, 0.1) is 0 Å². The van der Waals surface area contributed by atoms with Gasteiger partial charge in [0.1, 0.15) is 19.5 Å². The highest BCUT2D eigenvalue weighted by Crippen LogP contribution is 1.99. The third kappa shape index (κ3) is 3.54. The molecule has 3 heteroatoms. The number of pyridine rings is 1. The van der Waals surface area contributed by atoms with Crippen LogP contribution < -0.4 is 0 Å². The summed E-state index contributed by atoms with van der Waals surface area (Å²) in [6.07, 6.45) is 0.736. The molecule has 0 saturated carbocycles. The molecule has 1 aromatic rings. The molecule has 1 aromatic heterocycles. The van der Waals surface area contributed by atoms with Crippen molar-refractivity contribution in [1.82, 2.24) is 4.98 Å². The Labute approximate surface area is 85.4 Å². The Kier molecular flexibility index (Phi) is 3.21. The van der Waals surface area contributed by atoms with Gasteiger partial charge in [0.2, 0.25) is 0 Å². The van der Waals surface area contributed by atoms with Gasteiger partial charge in [-0.15, -0.1) is 5.54 Å². The van der Waals surface area contributed by atoms with Crippen LogP contribution in [0, 0.1) is 11.5 Å². The molecule has 0 unspecified atom stereocenters. The summed E-state index contributed by atoms with van der Waals surface area (Å²) in [5.74, 6) is 3.00. The largest absolute Gasteiger partial charge is 0.296 e. The van der Waals surface area contributed by atoms with Crippen LogP contribution in [-0.4, -0.2) is 19.3 Å². The predicted molar refractivity (Wildman–Crippen MR) is 59.8 cm³/mol. The third-order valence-corrected chi connectivity index (χ3v) is 2.33. The zero-order valence-electron chi connectivity index (χ0n) is 8.66. The van der Waals surface area contributed by atoms with Gasteiger partial charge in [0.15, 0.2) is 6.29 Å². The topological polar surface area (TPSA) is 30.0 Å². The van der Waals surface area contributed by atoms with Gasteiger partial charge >= 0.3 is 0 Å². The van der Waals surface area contributed by atoms with Gasteiger partial charge in [-0.2, -0.15) is 0 Å². The summed E-state index contributed by atoms with van der Waals surface area (Å²) in [6, 6.07) is 5.29. The first-order valence-corrected chi connectivity index (χ1v) is 7.97. The predicted octanol–water partition coefficient (Wildman–Crippen LogP) is 2.12. The van der Waals surface area contributed by atoms with Crippen LogP contribution in [-0.2, 0) is 0 Å². The molecule has 0 atom stereocenters. The molecule has 1 rings (SSSR count). The summed E-state index contributed by atoms with van der Waals surface area (Å²) in [4.78, 5) is 14.5. The van der Waals surface area contributed by atoms with Crippen molar-refractivity contribution in [1.29, 1.82) is 0 Å². The van der Waals surface area contributed by atoms with E-state index in [0.717, 1.165) is 6.29 Å². The number of carbonyl (C=O) groups is 1. The van der Waals surface area contributed by atoms with Crippen LogP contribution in [0.5, 0.6) is 0 Å². The number of nitrogens with zero attached hydrogens (tertiary/aromatic N) is 1. The van der Waals surface area contributed by atoms with Crippen molar-refractivity contribution >= 4 is 14.4 Å². The fourth-order valence-corrected chi connectivity index (χ4v) is 1.34. The highest BCUT2D eigenvalue weighted by Gasteiger charge is 2.07. The molecule has 0 aromatic carbocycles. The second-order valence-electron chi connectivity index (χ2n) is 4.07. The number of hydrogen-bond donors (Lipinski definition) is 0. The van der Waals surface area contributed by atoms with Gasteiger partial charge in [-0.1, -0.05) is 31.6 Å². The molecule has 0 aliphatic carbocycles. The minimum Gasteiger partial charge on any atom is -0.296 e. The molecule has 0 saturated heterocycles. The number of rotatable bonds is 1. The van der Waals surface area contributed by atoms with Crippen molar-refractivity contribution in [2.75, 3.05) is 0 Å². The molecular weight excluding hydrogens is 190 g/mol. The molecule has 0 aliphatic rings. The van der Waals surface area contributed by atoms with E-state index in [1.54, 1.807) is 12.1 Å². The summed E-state index contributed by atoms with van der Waals surface area (Å²) < 4.78 is 0. The molecule has 14 heavy (non-hydrogen) atoms. The molecule has 2 nitrogen and oxygen atoms in total. The lowest BCUT2D eigenvalue weighted by atomic mass is 10.3. The number of aldehydes is 1. The molecule has 0 fully saturated rings. The summed E-state index contributed by atoms with van der Waals surface area (Å²) in [5, 5.41) is 0. The average molecular weight is 203 g/mol. The first kappa shape index (κ1) is 10.7. The molecule has 0 bridgehead atoms. The van der Waals surface area contributed by atoms with Crippen LogP contribution in [0.25, 0.3) is 0 Å². The van der Waals surface area contributed by atoms with E-state index in [9.17, 15) is 4.79 Å². The van der Waals surface area contributed by atoms with E-state index in [2.05, 4.69) is 36.1 Å². The number of aromatic nitrogens is 1. The molecular formula is C11H13NOSi. The van der Waals surface area contributed by atoms with E-state index >= 15 is 0 Å². The maximum absolute atomic E-state index is 10.5. The van der Waals surface area contributed by atoms with Gasteiger partial charge in [-0.25, -0.2) is 4.98 Å². The maximum Gasteiger partial charge on any atom is 0.168 e. The van der Waals surface area contributed by atoms with E-state index in [1.165, 1.54) is 0 Å². The SMILES string of the molecule is C[Si](C)(C)C#Cc1cccc(C=O)n1. The molecule has 1 heterocycles. The Balaban J connectivity index is 2.96. The second-order valence-corrected chi connectivity index (χ2v) is 8.82. The fraction of sp³-hybridized carbons (Fsp3) is 0.273. The molecule has 72 valence electrons. The van der Waals surface area contributed by atoms with Gasteiger partial charge in [-0.05, 0) is 12.1 Å². The van der Waals surface area contributed by atoms with Crippen molar-refractivity contribution in [3.8, 4) is 11.5 Å². The van der Waals surface area contributed by atoms with Crippen molar-refractivity contribution in [3.05, 3.63) is 29.6 Å². The van der Waals surface area contributed by atoms with E-state index in [-0.39, 0.29) is 0 Å². The summed E-state index contributed by atoms with van der Waals surface area (Å²) in [6.45, 7) is 6.51. The summed E-state index contributed by atoms with van der Waals surface area (Å²) in [5.41, 5.74) is 4.32. The van der Waals surface area contributed by atoms with E-state index in [0.29, 0.717) is 11.4 Å². The molecule has 0 amide bonds. The monoisotopic (exact) mass is 203 g/mol. The van der Waals surface area contributed by atoms with Crippen molar-refractivity contribution in [3.63, 3.8) is 0 Å². The van der Waals surface area contributed by atoms with Crippen LogP contribution in [0.2, 0.25) is 19.6 Å². The molecule has 0 N–H and O–H groups in total. The van der Waals surface area contributed by atoms with Gasteiger partial charge in [0.25, 0.3) is 0 Å². The number of hydrogen-bond acceptors (Lipinski definition) is 2. The van der Waals surface area contributed by atoms with Crippen LogP contribution in [0.15, 0.2) is 18.2 Å².